The van der Waals surface area contributed by atoms with E-state index in [1.165, 1.54) is 12.1 Å². The summed E-state index contributed by atoms with van der Waals surface area (Å²) in [6.07, 6.45) is 4.84. The van der Waals surface area contributed by atoms with Crippen molar-refractivity contribution in [3.05, 3.63) is 105 Å². The number of nitrogens with zero attached hydrogens (tertiary/aromatic N) is 5. The molecule has 3 heterocycles. The van der Waals surface area contributed by atoms with Crippen LogP contribution in [-0.4, -0.2) is 27.7 Å². The number of benzene rings is 2. The van der Waals surface area contributed by atoms with Gasteiger partial charge in [-0.05, 0) is 50.5 Å². The van der Waals surface area contributed by atoms with E-state index in [1.807, 2.05) is 50.2 Å². The number of Topliss-reactive ketones (excluding diaryl/α,β-unsaturated/α-hetero) is 1. The number of nitro benzene ring substituents is 1. The summed E-state index contributed by atoms with van der Waals surface area (Å²) in [4.78, 5) is 43.2. The molecule has 2 aliphatic heterocycles. The standard InChI is InChI=1S/C30H25N5O4/c1-3-33-23-10-5-4-9-21(23)30(29(33)37)22(18-31)28(32-15-6-7-16-32)34(24-11-8-12-26(36)27(24)30)25-17-20(35(38)39)14-13-19(25)2/h4-7,9-10,13-17H,3,8,11-12H2,1-2H3. The topological polar surface area (TPSA) is 112 Å². The fraction of sp³-hybridized carbons (Fsp3) is 0.233. The molecule has 1 spiro atoms. The third-order valence-corrected chi connectivity index (χ3v) is 7.93. The number of aryl methyl sites for hydroxylation is 1. The lowest BCUT2D eigenvalue weighted by Crippen LogP contribution is -2.51. The summed E-state index contributed by atoms with van der Waals surface area (Å²) in [5.41, 5.74) is 1.79. The van der Waals surface area contributed by atoms with Gasteiger partial charge in [0.05, 0.1) is 16.2 Å². The maximum Gasteiger partial charge on any atom is 0.271 e. The van der Waals surface area contributed by atoms with Crippen LogP contribution in [0.1, 0.15) is 37.3 Å². The van der Waals surface area contributed by atoms with Gasteiger partial charge in [0.25, 0.3) is 5.69 Å². The molecule has 0 N–H and O–H groups in total. The second kappa shape index (κ2) is 8.81. The van der Waals surface area contributed by atoms with Crippen LogP contribution in [0.5, 0.6) is 0 Å². The third-order valence-electron chi connectivity index (χ3n) is 7.93. The van der Waals surface area contributed by atoms with Gasteiger partial charge in [0.1, 0.15) is 17.3 Å². The van der Waals surface area contributed by atoms with E-state index in [9.17, 15) is 25.0 Å². The number of allylic oxidation sites excluding steroid dienone is 1. The lowest BCUT2D eigenvalue weighted by molar-refractivity contribution is -0.384. The third kappa shape index (κ3) is 3.18. The van der Waals surface area contributed by atoms with E-state index in [2.05, 4.69) is 6.07 Å². The molecule has 6 rings (SSSR count). The molecule has 9 heteroatoms. The first-order chi connectivity index (χ1) is 18.9. The Kier molecular flexibility index (Phi) is 5.50. The SMILES string of the molecule is CCN1C(=O)C2(C(C#N)=C(n3cccc3)N(c3cc([N+](=O)[O-])ccc3C)C3=C2C(=O)CCC3)c2ccccc21. The van der Waals surface area contributed by atoms with E-state index in [0.717, 1.165) is 5.56 Å². The van der Waals surface area contributed by atoms with Gasteiger partial charge in [0.2, 0.25) is 5.91 Å². The van der Waals surface area contributed by atoms with Crippen molar-refractivity contribution in [1.29, 1.82) is 5.26 Å². The van der Waals surface area contributed by atoms with Gasteiger partial charge in [0.15, 0.2) is 5.78 Å². The van der Waals surface area contributed by atoms with E-state index >= 15 is 0 Å². The number of nitriles is 1. The van der Waals surface area contributed by atoms with Gasteiger partial charge in [-0.1, -0.05) is 24.3 Å². The van der Waals surface area contributed by atoms with Crippen LogP contribution in [0.2, 0.25) is 0 Å². The molecule has 194 valence electrons. The van der Waals surface area contributed by atoms with E-state index in [0.29, 0.717) is 53.4 Å². The van der Waals surface area contributed by atoms with Gasteiger partial charge >= 0.3 is 0 Å². The van der Waals surface area contributed by atoms with Crippen LogP contribution in [0.15, 0.2) is 83.8 Å². The van der Waals surface area contributed by atoms with Gasteiger partial charge in [-0.15, -0.1) is 0 Å². The van der Waals surface area contributed by atoms with Crippen LogP contribution < -0.4 is 9.80 Å². The predicted molar refractivity (Wildman–Crippen MR) is 146 cm³/mol. The fourth-order valence-corrected chi connectivity index (χ4v) is 6.33. The Balaban J connectivity index is 1.80. The first-order valence-electron chi connectivity index (χ1n) is 12.9. The lowest BCUT2D eigenvalue weighted by Gasteiger charge is -2.45. The monoisotopic (exact) mass is 519 g/mol. The molecule has 0 fully saturated rings. The second-order valence-corrected chi connectivity index (χ2v) is 9.88. The number of carbonyl (C=O) groups excluding carboxylic acids is 2. The molecule has 1 atom stereocenters. The van der Waals surface area contributed by atoms with Crippen molar-refractivity contribution >= 4 is 34.6 Å². The molecule has 3 aromatic rings. The summed E-state index contributed by atoms with van der Waals surface area (Å²) in [7, 11) is 0. The molecule has 0 saturated heterocycles. The average Bonchev–Trinajstić information content (AvgIpc) is 3.55. The van der Waals surface area contributed by atoms with E-state index in [4.69, 9.17) is 0 Å². The quantitative estimate of drug-likeness (QED) is 0.345. The largest absolute Gasteiger partial charge is 0.311 e. The summed E-state index contributed by atoms with van der Waals surface area (Å²) in [6.45, 7) is 4.08. The van der Waals surface area contributed by atoms with Crippen LogP contribution in [0, 0.1) is 28.4 Å². The molecule has 3 aliphatic rings. The van der Waals surface area contributed by atoms with Crippen molar-refractivity contribution in [3.63, 3.8) is 0 Å². The average molecular weight is 520 g/mol. The van der Waals surface area contributed by atoms with Gasteiger partial charge in [0, 0.05) is 60.0 Å². The van der Waals surface area contributed by atoms with Crippen molar-refractivity contribution in [2.75, 3.05) is 16.3 Å². The Morgan fingerprint density at radius 3 is 2.49 bits per heavy atom. The number of nitro groups is 1. The number of para-hydroxylation sites is 1. The zero-order chi connectivity index (χ0) is 27.5. The zero-order valence-corrected chi connectivity index (χ0v) is 21.5. The number of carbonyl (C=O) groups is 2. The summed E-state index contributed by atoms with van der Waals surface area (Å²) < 4.78 is 1.76. The van der Waals surface area contributed by atoms with Crippen molar-refractivity contribution in [3.8, 4) is 6.07 Å². The normalized spacial score (nSPS) is 20.4. The molecule has 1 unspecified atom stereocenters. The predicted octanol–water partition coefficient (Wildman–Crippen LogP) is 5.23. The summed E-state index contributed by atoms with van der Waals surface area (Å²) in [5.74, 6) is -0.129. The minimum Gasteiger partial charge on any atom is -0.311 e. The Morgan fingerprint density at radius 1 is 1.05 bits per heavy atom. The van der Waals surface area contributed by atoms with Gasteiger partial charge in [-0.3, -0.25) is 24.6 Å². The Hall–Kier alpha value is -4.97. The van der Waals surface area contributed by atoms with Crippen LogP contribution in [0.25, 0.3) is 5.82 Å². The van der Waals surface area contributed by atoms with Gasteiger partial charge in [-0.2, -0.15) is 5.26 Å². The first-order valence-corrected chi connectivity index (χ1v) is 12.9. The van der Waals surface area contributed by atoms with Crippen molar-refractivity contribution in [2.45, 2.75) is 38.5 Å². The summed E-state index contributed by atoms with van der Waals surface area (Å²) in [6, 6.07) is 17.9. The highest BCUT2D eigenvalue weighted by atomic mass is 16.6. The fourth-order valence-electron chi connectivity index (χ4n) is 6.33. The van der Waals surface area contributed by atoms with Crippen LogP contribution in [0.4, 0.5) is 17.1 Å². The Labute approximate surface area is 225 Å². The maximum absolute atomic E-state index is 14.5. The molecule has 1 amide bonds. The first kappa shape index (κ1) is 24.4. The summed E-state index contributed by atoms with van der Waals surface area (Å²) >= 11 is 0. The smallest absolute Gasteiger partial charge is 0.271 e. The molecule has 1 aromatic heterocycles. The van der Waals surface area contributed by atoms with Crippen LogP contribution in [-0.2, 0) is 15.0 Å². The Bertz CT molecular complexity index is 1680. The number of rotatable bonds is 4. The number of non-ortho nitro benzene ring substituents is 1. The van der Waals surface area contributed by atoms with Crippen molar-refractivity contribution < 1.29 is 14.5 Å². The highest BCUT2D eigenvalue weighted by Crippen LogP contribution is 2.58. The lowest BCUT2D eigenvalue weighted by atomic mass is 9.63. The molecular weight excluding hydrogens is 494 g/mol. The molecule has 0 bridgehead atoms. The zero-order valence-electron chi connectivity index (χ0n) is 21.5. The summed E-state index contributed by atoms with van der Waals surface area (Å²) in [5, 5.41) is 22.6. The van der Waals surface area contributed by atoms with Crippen LogP contribution in [0.3, 0.4) is 0 Å². The molecular formula is C30H25N5O4. The van der Waals surface area contributed by atoms with E-state index in [1.54, 1.807) is 32.8 Å². The Morgan fingerprint density at radius 2 is 1.79 bits per heavy atom. The molecule has 0 radical (unpaired) electrons. The van der Waals surface area contributed by atoms with Crippen molar-refractivity contribution in [1.82, 2.24) is 4.57 Å². The number of fused-ring (bicyclic) bond motifs is 3. The van der Waals surface area contributed by atoms with E-state index < -0.39 is 10.3 Å². The number of aromatic nitrogens is 1. The minimum absolute atomic E-state index is 0.106. The molecule has 0 saturated carbocycles. The van der Waals surface area contributed by atoms with Crippen molar-refractivity contribution in [2.24, 2.45) is 0 Å². The number of hydrogen-bond donors (Lipinski definition) is 0. The van der Waals surface area contributed by atoms with Crippen LogP contribution >= 0.6 is 0 Å². The second-order valence-electron chi connectivity index (χ2n) is 9.88. The number of anilines is 2. The molecule has 2 aromatic carbocycles. The molecule has 39 heavy (non-hydrogen) atoms. The molecule has 9 nitrogen and oxygen atoms in total. The van der Waals surface area contributed by atoms with Gasteiger partial charge < -0.3 is 9.47 Å². The maximum atomic E-state index is 14.5. The number of hydrogen-bond acceptors (Lipinski definition) is 6. The minimum atomic E-state index is -1.61. The number of amides is 1. The van der Waals surface area contributed by atoms with Gasteiger partial charge in [-0.25, -0.2) is 0 Å². The number of ketones is 1. The number of likely N-dealkylation sites (N-methyl/N-ethyl adjacent to an activating group) is 1. The molecule has 1 aliphatic carbocycles. The van der Waals surface area contributed by atoms with E-state index in [-0.39, 0.29) is 29.4 Å². The highest BCUT2D eigenvalue weighted by molar-refractivity contribution is 6.22. The highest BCUT2D eigenvalue weighted by Gasteiger charge is 2.62.